The highest BCUT2D eigenvalue weighted by atomic mass is 16.5. The standard InChI is InChI=1S/C16H23NO2/c1-4-5-6-7-10-17-12-15(18)14-11-13(2)8-9-16(14)19-3/h1,8-9,11,15,17-18H,5-7,10,12H2,2-3H3. The van der Waals surface area contributed by atoms with Crippen LogP contribution in [0.25, 0.3) is 0 Å². The van der Waals surface area contributed by atoms with Gasteiger partial charge < -0.3 is 15.2 Å². The smallest absolute Gasteiger partial charge is 0.124 e. The van der Waals surface area contributed by atoms with Gasteiger partial charge in [0.05, 0.1) is 13.2 Å². The molecule has 1 aromatic carbocycles. The second-order valence-electron chi connectivity index (χ2n) is 4.63. The molecule has 0 bridgehead atoms. The fourth-order valence-electron chi connectivity index (χ4n) is 1.94. The minimum Gasteiger partial charge on any atom is -0.496 e. The van der Waals surface area contributed by atoms with Gasteiger partial charge in [0.1, 0.15) is 5.75 Å². The molecule has 104 valence electrons. The zero-order valence-corrected chi connectivity index (χ0v) is 11.8. The third kappa shape index (κ3) is 5.34. The van der Waals surface area contributed by atoms with E-state index in [9.17, 15) is 5.11 Å². The molecule has 0 heterocycles. The lowest BCUT2D eigenvalue weighted by Gasteiger charge is -2.16. The van der Waals surface area contributed by atoms with Crippen LogP contribution in [0.4, 0.5) is 0 Å². The third-order valence-electron chi connectivity index (χ3n) is 3.01. The predicted molar refractivity (Wildman–Crippen MR) is 78.2 cm³/mol. The first-order valence-electron chi connectivity index (χ1n) is 6.65. The lowest BCUT2D eigenvalue weighted by atomic mass is 10.1. The van der Waals surface area contributed by atoms with Gasteiger partial charge in [-0.2, -0.15) is 0 Å². The number of ether oxygens (including phenoxy) is 1. The number of benzene rings is 1. The van der Waals surface area contributed by atoms with Gasteiger partial charge in [0.25, 0.3) is 0 Å². The van der Waals surface area contributed by atoms with E-state index in [0.29, 0.717) is 6.54 Å². The quantitative estimate of drug-likeness (QED) is 0.558. The average Bonchev–Trinajstić information content (AvgIpc) is 2.42. The number of nitrogens with one attached hydrogen (secondary N) is 1. The van der Waals surface area contributed by atoms with Crippen LogP contribution in [0.1, 0.15) is 36.5 Å². The molecule has 3 nitrogen and oxygen atoms in total. The molecular formula is C16H23NO2. The second kappa shape index (κ2) is 8.58. The monoisotopic (exact) mass is 261 g/mol. The van der Waals surface area contributed by atoms with Gasteiger partial charge in [-0.05, 0) is 38.4 Å². The minimum atomic E-state index is -0.553. The van der Waals surface area contributed by atoms with Gasteiger partial charge in [0, 0.05) is 18.5 Å². The summed E-state index contributed by atoms with van der Waals surface area (Å²) in [6.07, 6.45) is 7.50. The van der Waals surface area contributed by atoms with Crippen LogP contribution in [0.3, 0.4) is 0 Å². The Balaban J connectivity index is 2.43. The maximum Gasteiger partial charge on any atom is 0.124 e. The fourth-order valence-corrected chi connectivity index (χ4v) is 1.94. The molecule has 0 aliphatic carbocycles. The summed E-state index contributed by atoms with van der Waals surface area (Å²) >= 11 is 0. The zero-order chi connectivity index (χ0) is 14.1. The molecule has 1 atom stereocenters. The Labute approximate surface area is 116 Å². The van der Waals surface area contributed by atoms with Gasteiger partial charge in [-0.25, -0.2) is 0 Å². The molecule has 0 aromatic heterocycles. The van der Waals surface area contributed by atoms with Gasteiger partial charge >= 0.3 is 0 Å². The number of hydrogen-bond acceptors (Lipinski definition) is 3. The summed E-state index contributed by atoms with van der Waals surface area (Å²) in [5, 5.41) is 13.4. The maximum atomic E-state index is 10.2. The number of terminal acetylenes is 1. The summed E-state index contributed by atoms with van der Waals surface area (Å²) in [7, 11) is 1.62. The first-order chi connectivity index (χ1) is 9.19. The number of aliphatic hydroxyl groups excluding tert-OH is 1. The predicted octanol–water partition coefficient (Wildman–Crippen LogP) is 2.43. The molecule has 19 heavy (non-hydrogen) atoms. The zero-order valence-electron chi connectivity index (χ0n) is 11.8. The van der Waals surface area contributed by atoms with Crippen molar-refractivity contribution in [1.29, 1.82) is 0 Å². The van der Waals surface area contributed by atoms with E-state index in [1.54, 1.807) is 7.11 Å². The van der Waals surface area contributed by atoms with Crippen molar-refractivity contribution in [2.75, 3.05) is 20.2 Å². The molecule has 0 amide bonds. The van der Waals surface area contributed by atoms with Gasteiger partial charge in [-0.1, -0.05) is 11.6 Å². The SMILES string of the molecule is C#CCCCCNCC(O)c1cc(C)ccc1OC. The Morgan fingerprint density at radius 3 is 2.89 bits per heavy atom. The molecule has 3 heteroatoms. The van der Waals surface area contributed by atoms with E-state index in [1.807, 2.05) is 25.1 Å². The summed E-state index contributed by atoms with van der Waals surface area (Å²) in [4.78, 5) is 0. The van der Waals surface area contributed by atoms with Crippen LogP contribution in [0.5, 0.6) is 5.75 Å². The first kappa shape index (κ1) is 15.6. The Morgan fingerprint density at radius 1 is 1.42 bits per heavy atom. The van der Waals surface area contributed by atoms with Crippen molar-refractivity contribution in [3.63, 3.8) is 0 Å². The van der Waals surface area contributed by atoms with E-state index in [0.717, 1.165) is 42.7 Å². The normalized spacial score (nSPS) is 11.9. The van der Waals surface area contributed by atoms with E-state index < -0.39 is 6.10 Å². The number of methoxy groups -OCH3 is 1. The number of hydrogen-bond donors (Lipinski definition) is 2. The lowest BCUT2D eigenvalue weighted by Crippen LogP contribution is -2.22. The van der Waals surface area contributed by atoms with Gasteiger partial charge in [0.2, 0.25) is 0 Å². The molecule has 0 aliphatic rings. The highest BCUT2D eigenvalue weighted by molar-refractivity contribution is 5.38. The van der Waals surface area contributed by atoms with Crippen LogP contribution in [0, 0.1) is 19.3 Å². The molecule has 1 aromatic rings. The van der Waals surface area contributed by atoms with Crippen LogP contribution in [0.15, 0.2) is 18.2 Å². The number of rotatable bonds is 8. The highest BCUT2D eigenvalue weighted by Crippen LogP contribution is 2.25. The summed E-state index contributed by atoms with van der Waals surface area (Å²) in [5.74, 6) is 3.35. The number of aliphatic hydroxyl groups is 1. The van der Waals surface area contributed by atoms with E-state index in [1.165, 1.54) is 0 Å². The van der Waals surface area contributed by atoms with E-state index in [4.69, 9.17) is 11.2 Å². The third-order valence-corrected chi connectivity index (χ3v) is 3.01. The second-order valence-corrected chi connectivity index (χ2v) is 4.63. The Morgan fingerprint density at radius 2 is 2.21 bits per heavy atom. The van der Waals surface area contributed by atoms with Crippen molar-refractivity contribution >= 4 is 0 Å². The van der Waals surface area contributed by atoms with Crippen LogP contribution < -0.4 is 10.1 Å². The summed E-state index contributed by atoms with van der Waals surface area (Å²) in [6.45, 7) is 3.39. The minimum absolute atomic E-state index is 0.524. The van der Waals surface area contributed by atoms with Crippen LogP contribution in [-0.4, -0.2) is 25.3 Å². The van der Waals surface area contributed by atoms with E-state index in [2.05, 4.69) is 11.2 Å². The molecular weight excluding hydrogens is 238 g/mol. The summed E-state index contributed by atoms with van der Waals surface area (Å²) in [6, 6.07) is 5.83. The molecule has 0 aliphatic heterocycles. The Kier molecular flexibility index (Phi) is 7.02. The van der Waals surface area contributed by atoms with Crippen molar-refractivity contribution in [3.05, 3.63) is 29.3 Å². The summed E-state index contributed by atoms with van der Waals surface area (Å²) in [5.41, 5.74) is 1.95. The molecule has 2 N–H and O–H groups in total. The Hall–Kier alpha value is -1.50. The Bertz CT molecular complexity index is 423. The molecule has 0 radical (unpaired) electrons. The molecule has 0 saturated heterocycles. The van der Waals surface area contributed by atoms with Crippen LogP contribution >= 0.6 is 0 Å². The topological polar surface area (TPSA) is 41.5 Å². The molecule has 0 spiro atoms. The van der Waals surface area contributed by atoms with Crippen molar-refractivity contribution < 1.29 is 9.84 Å². The van der Waals surface area contributed by atoms with Gasteiger partial charge in [-0.3, -0.25) is 0 Å². The van der Waals surface area contributed by atoms with Crippen molar-refractivity contribution in [3.8, 4) is 18.1 Å². The van der Waals surface area contributed by atoms with Crippen LogP contribution in [-0.2, 0) is 0 Å². The number of unbranched alkanes of at least 4 members (excludes halogenated alkanes) is 2. The van der Waals surface area contributed by atoms with Gasteiger partial charge in [0.15, 0.2) is 0 Å². The van der Waals surface area contributed by atoms with Gasteiger partial charge in [-0.15, -0.1) is 12.3 Å². The average molecular weight is 261 g/mol. The largest absolute Gasteiger partial charge is 0.496 e. The molecule has 1 rings (SSSR count). The molecule has 0 saturated carbocycles. The lowest BCUT2D eigenvalue weighted by molar-refractivity contribution is 0.170. The van der Waals surface area contributed by atoms with Crippen molar-refractivity contribution in [1.82, 2.24) is 5.32 Å². The van der Waals surface area contributed by atoms with Crippen molar-refractivity contribution in [2.24, 2.45) is 0 Å². The fraction of sp³-hybridized carbons (Fsp3) is 0.500. The van der Waals surface area contributed by atoms with E-state index >= 15 is 0 Å². The molecule has 1 unspecified atom stereocenters. The highest BCUT2D eigenvalue weighted by Gasteiger charge is 2.12. The summed E-state index contributed by atoms with van der Waals surface area (Å²) < 4.78 is 5.27. The molecule has 0 fully saturated rings. The maximum absolute atomic E-state index is 10.2. The number of aryl methyl sites for hydroxylation is 1. The first-order valence-corrected chi connectivity index (χ1v) is 6.65. The van der Waals surface area contributed by atoms with Crippen LogP contribution in [0.2, 0.25) is 0 Å². The van der Waals surface area contributed by atoms with E-state index in [-0.39, 0.29) is 0 Å². The van der Waals surface area contributed by atoms with Crippen molar-refractivity contribution in [2.45, 2.75) is 32.3 Å².